The number of hydrogen-bond donors (Lipinski definition) is 1. The van der Waals surface area contributed by atoms with Crippen LogP contribution in [0.1, 0.15) is 81.5 Å². The van der Waals surface area contributed by atoms with Gasteiger partial charge in [0.15, 0.2) is 0 Å². The molecule has 3 aromatic rings. The molecule has 4 rings (SSSR count). The van der Waals surface area contributed by atoms with Crippen LogP contribution < -0.4 is 10.9 Å². The van der Waals surface area contributed by atoms with E-state index in [4.69, 9.17) is 11.6 Å². The van der Waals surface area contributed by atoms with Gasteiger partial charge in [-0.3, -0.25) is 4.79 Å². The van der Waals surface area contributed by atoms with E-state index in [9.17, 15) is 4.79 Å². The third kappa shape index (κ3) is 4.00. The molecule has 4 heteroatoms. The first-order valence-corrected chi connectivity index (χ1v) is 11.5. The van der Waals surface area contributed by atoms with Crippen molar-refractivity contribution in [1.29, 1.82) is 0 Å². The average Bonchev–Trinajstić information content (AvgIpc) is 3.57. The van der Waals surface area contributed by atoms with E-state index >= 15 is 0 Å². The molecule has 30 heavy (non-hydrogen) atoms. The van der Waals surface area contributed by atoms with Crippen molar-refractivity contribution in [2.24, 2.45) is 0 Å². The van der Waals surface area contributed by atoms with Gasteiger partial charge < -0.3 is 9.88 Å². The van der Waals surface area contributed by atoms with E-state index in [2.05, 4.69) is 56.4 Å². The Kier molecular flexibility index (Phi) is 5.92. The third-order valence-corrected chi connectivity index (χ3v) is 6.51. The Hall–Kier alpha value is -2.26. The van der Waals surface area contributed by atoms with Crippen LogP contribution in [0.5, 0.6) is 0 Å². The molecule has 0 amide bonds. The first-order chi connectivity index (χ1) is 14.4. The van der Waals surface area contributed by atoms with Crippen molar-refractivity contribution in [3.63, 3.8) is 0 Å². The monoisotopic (exact) mass is 422 g/mol. The second-order valence-corrected chi connectivity index (χ2v) is 9.16. The Bertz CT molecular complexity index is 1130. The van der Waals surface area contributed by atoms with Gasteiger partial charge >= 0.3 is 0 Å². The summed E-state index contributed by atoms with van der Waals surface area (Å²) in [6, 6.07) is 14.8. The predicted molar refractivity (Wildman–Crippen MR) is 128 cm³/mol. The van der Waals surface area contributed by atoms with Crippen molar-refractivity contribution in [2.45, 2.75) is 71.4 Å². The van der Waals surface area contributed by atoms with Crippen molar-refractivity contribution in [2.75, 3.05) is 5.32 Å². The zero-order valence-electron chi connectivity index (χ0n) is 18.3. The standard InChI is InChI=1S/C26H31ClN2O/c1-5-24(20-11-9-18(27)13-22(20)17-7-8-17)28-19-10-12-25-23(14-19)21(16(3)4)15-26(30)29(25)6-2/h9-17,24,28H,5-8H2,1-4H3. The quantitative estimate of drug-likeness (QED) is 0.435. The van der Waals surface area contributed by atoms with Crippen LogP contribution >= 0.6 is 11.6 Å². The molecule has 1 fully saturated rings. The summed E-state index contributed by atoms with van der Waals surface area (Å²) in [4.78, 5) is 12.6. The number of hydrogen-bond acceptors (Lipinski definition) is 2. The molecule has 0 aliphatic heterocycles. The summed E-state index contributed by atoms with van der Waals surface area (Å²) in [7, 11) is 0. The highest BCUT2D eigenvalue weighted by Crippen LogP contribution is 2.44. The van der Waals surface area contributed by atoms with Crippen molar-refractivity contribution in [1.82, 2.24) is 4.57 Å². The Labute approximate surface area is 184 Å². The number of nitrogens with one attached hydrogen (secondary N) is 1. The molecule has 1 aromatic heterocycles. The van der Waals surface area contributed by atoms with Gasteiger partial charge in [-0.25, -0.2) is 0 Å². The molecule has 1 aliphatic carbocycles. The van der Waals surface area contributed by atoms with Gasteiger partial charge in [0.05, 0.1) is 11.6 Å². The molecule has 3 nitrogen and oxygen atoms in total. The number of aryl methyl sites for hydroxylation is 1. The largest absolute Gasteiger partial charge is 0.378 e. The number of nitrogens with zero attached hydrogens (tertiary/aromatic N) is 1. The minimum Gasteiger partial charge on any atom is -0.378 e. The number of pyridine rings is 1. The van der Waals surface area contributed by atoms with Crippen LogP contribution in [0.2, 0.25) is 5.02 Å². The maximum absolute atomic E-state index is 12.6. The summed E-state index contributed by atoms with van der Waals surface area (Å²) in [6.45, 7) is 9.21. The van der Waals surface area contributed by atoms with Crippen LogP contribution in [0.15, 0.2) is 47.3 Å². The van der Waals surface area contributed by atoms with Crippen molar-refractivity contribution in [3.05, 3.63) is 74.5 Å². The summed E-state index contributed by atoms with van der Waals surface area (Å²) < 4.78 is 1.85. The second kappa shape index (κ2) is 8.47. The van der Waals surface area contributed by atoms with E-state index in [1.807, 2.05) is 23.6 Å². The van der Waals surface area contributed by atoms with E-state index in [1.54, 1.807) is 0 Å². The smallest absolute Gasteiger partial charge is 0.251 e. The number of benzene rings is 2. The number of fused-ring (bicyclic) bond motifs is 1. The predicted octanol–water partition coefficient (Wildman–Crippen LogP) is 7.24. The Balaban J connectivity index is 1.76. The van der Waals surface area contributed by atoms with Gasteiger partial charge in [0, 0.05) is 28.7 Å². The molecule has 1 N–H and O–H groups in total. The maximum Gasteiger partial charge on any atom is 0.251 e. The Morgan fingerprint density at radius 3 is 2.47 bits per heavy atom. The topological polar surface area (TPSA) is 34.0 Å². The lowest BCUT2D eigenvalue weighted by Crippen LogP contribution is -2.20. The molecule has 1 unspecified atom stereocenters. The second-order valence-electron chi connectivity index (χ2n) is 8.72. The number of anilines is 1. The molecular weight excluding hydrogens is 392 g/mol. The van der Waals surface area contributed by atoms with Gasteiger partial charge in [0.2, 0.25) is 0 Å². The molecule has 1 aliphatic rings. The first kappa shape index (κ1) is 21.0. The Morgan fingerprint density at radius 2 is 1.83 bits per heavy atom. The lowest BCUT2D eigenvalue weighted by atomic mass is 9.94. The van der Waals surface area contributed by atoms with Crippen molar-refractivity contribution in [3.8, 4) is 0 Å². The lowest BCUT2D eigenvalue weighted by Gasteiger charge is -2.23. The van der Waals surface area contributed by atoms with Crippen molar-refractivity contribution < 1.29 is 0 Å². The van der Waals surface area contributed by atoms with Gasteiger partial charge in [-0.1, -0.05) is 38.4 Å². The average molecular weight is 423 g/mol. The summed E-state index contributed by atoms with van der Waals surface area (Å²) >= 11 is 6.30. The molecule has 0 radical (unpaired) electrons. The highest BCUT2D eigenvalue weighted by Gasteiger charge is 2.28. The fourth-order valence-corrected chi connectivity index (χ4v) is 4.70. The number of aromatic nitrogens is 1. The van der Waals surface area contributed by atoms with E-state index in [0.29, 0.717) is 18.4 Å². The first-order valence-electron chi connectivity index (χ1n) is 11.2. The van der Waals surface area contributed by atoms with Gasteiger partial charge in [-0.2, -0.15) is 0 Å². The highest BCUT2D eigenvalue weighted by atomic mass is 35.5. The molecule has 1 heterocycles. The summed E-state index contributed by atoms with van der Waals surface area (Å²) in [6.07, 6.45) is 3.50. The fourth-order valence-electron chi connectivity index (χ4n) is 4.52. The van der Waals surface area contributed by atoms with Crippen LogP contribution in [0.3, 0.4) is 0 Å². The summed E-state index contributed by atoms with van der Waals surface area (Å²) in [5, 5.41) is 5.74. The minimum absolute atomic E-state index is 0.0797. The molecule has 1 atom stereocenters. The van der Waals surface area contributed by atoms with Gasteiger partial charge in [0.25, 0.3) is 5.56 Å². The van der Waals surface area contributed by atoms with E-state index < -0.39 is 0 Å². The fraction of sp³-hybridized carbons (Fsp3) is 0.423. The van der Waals surface area contributed by atoms with Crippen LogP contribution in [-0.2, 0) is 6.54 Å². The number of halogens is 1. The number of rotatable bonds is 7. The summed E-state index contributed by atoms with van der Waals surface area (Å²) in [5.41, 5.74) is 6.04. The zero-order valence-corrected chi connectivity index (χ0v) is 19.1. The minimum atomic E-state index is 0.0797. The van der Waals surface area contributed by atoms with E-state index in [0.717, 1.165) is 33.6 Å². The van der Waals surface area contributed by atoms with E-state index in [-0.39, 0.29) is 11.6 Å². The van der Waals surface area contributed by atoms with Crippen LogP contribution in [0, 0.1) is 0 Å². The SMILES string of the molecule is CCC(Nc1ccc2c(c1)c(C(C)C)cc(=O)n2CC)c1ccc(Cl)cc1C1CC1. The van der Waals surface area contributed by atoms with Gasteiger partial charge in [0.1, 0.15) is 0 Å². The third-order valence-electron chi connectivity index (χ3n) is 6.27. The molecule has 158 valence electrons. The maximum atomic E-state index is 12.6. The molecular formula is C26H31ClN2O. The van der Waals surface area contributed by atoms with Gasteiger partial charge in [-0.15, -0.1) is 0 Å². The van der Waals surface area contributed by atoms with Crippen LogP contribution in [-0.4, -0.2) is 4.57 Å². The van der Waals surface area contributed by atoms with E-state index in [1.165, 1.54) is 24.0 Å². The summed E-state index contributed by atoms with van der Waals surface area (Å²) in [5.74, 6) is 0.944. The molecule has 0 bridgehead atoms. The highest BCUT2D eigenvalue weighted by molar-refractivity contribution is 6.30. The van der Waals surface area contributed by atoms with Crippen LogP contribution in [0.4, 0.5) is 5.69 Å². The van der Waals surface area contributed by atoms with Crippen LogP contribution in [0.25, 0.3) is 10.9 Å². The molecule has 1 saturated carbocycles. The molecule has 0 saturated heterocycles. The van der Waals surface area contributed by atoms with Crippen molar-refractivity contribution >= 4 is 28.2 Å². The molecule has 0 spiro atoms. The molecule has 2 aromatic carbocycles. The normalized spacial score (nSPS) is 15.0. The lowest BCUT2D eigenvalue weighted by molar-refractivity contribution is 0.737. The Morgan fingerprint density at radius 1 is 1.07 bits per heavy atom. The zero-order chi connectivity index (χ0) is 21.4. The van der Waals surface area contributed by atoms with Gasteiger partial charge in [-0.05, 0) is 85.0 Å².